The Labute approximate surface area is 102 Å². The van der Waals surface area contributed by atoms with E-state index in [0.29, 0.717) is 12.3 Å². The van der Waals surface area contributed by atoms with Crippen LogP contribution in [0.2, 0.25) is 0 Å². The molecule has 0 saturated heterocycles. The van der Waals surface area contributed by atoms with Gasteiger partial charge < -0.3 is 0 Å². The molecule has 0 unspecified atom stereocenters. The smallest absolute Gasteiger partial charge is 0.152 e. The van der Waals surface area contributed by atoms with Crippen molar-refractivity contribution in [1.29, 1.82) is 0 Å². The Hall–Kier alpha value is -0.670. The van der Waals surface area contributed by atoms with Crippen LogP contribution in [0.1, 0.15) is 32.6 Å². The molecule has 1 heterocycles. The second-order valence-corrected chi connectivity index (χ2v) is 6.09. The summed E-state index contributed by atoms with van der Waals surface area (Å²) in [7, 11) is 0. The summed E-state index contributed by atoms with van der Waals surface area (Å²) in [5, 5.41) is 2.08. The molecule has 0 N–H and O–H groups in total. The first-order valence-corrected chi connectivity index (χ1v) is 6.59. The lowest BCUT2D eigenvalue weighted by molar-refractivity contribution is -0.127. The predicted octanol–water partition coefficient (Wildman–Crippen LogP) is 3.19. The van der Waals surface area contributed by atoms with Crippen LogP contribution in [0.3, 0.4) is 0 Å². The Bertz CT molecular complexity index is 324. The van der Waals surface area contributed by atoms with Crippen molar-refractivity contribution in [2.75, 3.05) is 13.1 Å². The molecule has 1 aromatic rings. The van der Waals surface area contributed by atoms with E-state index in [1.54, 1.807) is 11.3 Å². The number of ketones is 1. The van der Waals surface area contributed by atoms with Crippen LogP contribution >= 0.6 is 11.3 Å². The standard InChI is InChI=1S/C13H21NOS/c1-5-14(9-11-7-6-8-16-11)10-12(15)13(2,3)4/h6-8H,5,9-10H2,1-4H3. The van der Waals surface area contributed by atoms with Crippen molar-refractivity contribution >= 4 is 17.1 Å². The molecule has 0 bridgehead atoms. The Balaban J connectivity index is 2.53. The van der Waals surface area contributed by atoms with Crippen molar-refractivity contribution < 1.29 is 4.79 Å². The first kappa shape index (κ1) is 13.4. The fourth-order valence-corrected chi connectivity index (χ4v) is 2.09. The number of hydrogen-bond donors (Lipinski definition) is 0. The summed E-state index contributed by atoms with van der Waals surface area (Å²) < 4.78 is 0. The summed E-state index contributed by atoms with van der Waals surface area (Å²) in [6.45, 7) is 10.4. The molecular weight excluding hydrogens is 218 g/mol. The highest BCUT2D eigenvalue weighted by molar-refractivity contribution is 7.09. The van der Waals surface area contributed by atoms with Crippen molar-refractivity contribution in [2.45, 2.75) is 34.2 Å². The fourth-order valence-electron chi connectivity index (χ4n) is 1.34. The molecule has 0 radical (unpaired) electrons. The van der Waals surface area contributed by atoms with E-state index in [2.05, 4.69) is 29.3 Å². The topological polar surface area (TPSA) is 20.3 Å². The third-order valence-corrected chi connectivity index (χ3v) is 3.47. The maximum Gasteiger partial charge on any atom is 0.152 e. The lowest BCUT2D eigenvalue weighted by Crippen LogP contribution is -2.35. The van der Waals surface area contributed by atoms with Crippen molar-refractivity contribution in [2.24, 2.45) is 5.41 Å². The van der Waals surface area contributed by atoms with Crippen LogP contribution in [0.5, 0.6) is 0 Å². The quantitative estimate of drug-likeness (QED) is 0.786. The number of carbonyl (C=O) groups excluding carboxylic acids is 1. The number of Topliss-reactive ketones (excluding diaryl/α,β-unsaturated/α-hetero) is 1. The van der Waals surface area contributed by atoms with E-state index in [-0.39, 0.29) is 5.41 Å². The predicted molar refractivity (Wildman–Crippen MR) is 69.7 cm³/mol. The van der Waals surface area contributed by atoms with Crippen molar-refractivity contribution in [3.05, 3.63) is 22.4 Å². The molecule has 0 aliphatic heterocycles. The molecule has 0 aromatic carbocycles. The Kier molecular flexibility index (Phi) is 4.69. The normalized spacial score (nSPS) is 12.1. The number of hydrogen-bond acceptors (Lipinski definition) is 3. The SMILES string of the molecule is CCN(CC(=O)C(C)(C)C)Cc1cccs1. The summed E-state index contributed by atoms with van der Waals surface area (Å²) in [5.41, 5.74) is -0.233. The van der Waals surface area contributed by atoms with Gasteiger partial charge in [-0.3, -0.25) is 9.69 Å². The number of carbonyl (C=O) groups is 1. The Morgan fingerprint density at radius 1 is 1.44 bits per heavy atom. The Morgan fingerprint density at radius 2 is 2.12 bits per heavy atom. The maximum atomic E-state index is 11.9. The lowest BCUT2D eigenvalue weighted by Gasteiger charge is -2.24. The summed E-state index contributed by atoms with van der Waals surface area (Å²) in [5.74, 6) is 0.311. The third kappa shape index (κ3) is 4.06. The molecule has 0 aliphatic carbocycles. The van der Waals surface area contributed by atoms with Gasteiger partial charge in [-0.25, -0.2) is 0 Å². The molecule has 0 atom stereocenters. The monoisotopic (exact) mass is 239 g/mol. The minimum atomic E-state index is -0.233. The highest BCUT2D eigenvalue weighted by Gasteiger charge is 2.22. The molecule has 1 rings (SSSR count). The fraction of sp³-hybridized carbons (Fsp3) is 0.615. The molecule has 0 fully saturated rings. The first-order chi connectivity index (χ1) is 7.43. The van der Waals surface area contributed by atoms with Gasteiger partial charge in [0.25, 0.3) is 0 Å². The minimum absolute atomic E-state index is 0.233. The van der Waals surface area contributed by atoms with E-state index in [1.165, 1.54) is 4.88 Å². The van der Waals surface area contributed by atoms with E-state index in [0.717, 1.165) is 13.1 Å². The summed E-state index contributed by atoms with van der Waals surface area (Å²) >= 11 is 1.75. The van der Waals surface area contributed by atoms with Crippen molar-refractivity contribution in [3.63, 3.8) is 0 Å². The van der Waals surface area contributed by atoms with Crippen LogP contribution in [-0.2, 0) is 11.3 Å². The first-order valence-electron chi connectivity index (χ1n) is 5.71. The number of rotatable bonds is 5. The highest BCUT2D eigenvalue weighted by Crippen LogP contribution is 2.17. The van der Waals surface area contributed by atoms with Crippen LogP contribution < -0.4 is 0 Å². The van der Waals surface area contributed by atoms with E-state index in [4.69, 9.17) is 0 Å². The lowest BCUT2D eigenvalue weighted by atomic mass is 9.90. The molecule has 2 nitrogen and oxygen atoms in total. The van der Waals surface area contributed by atoms with Gasteiger partial charge in [0.1, 0.15) is 0 Å². The molecule has 90 valence electrons. The summed E-state index contributed by atoms with van der Waals surface area (Å²) in [6, 6.07) is 4.17. The molecule has 16 heavy (non-hydrogen) atoms. The van der Waals surface area contributed by atoms with Crippen molar-refractivity contribution in [1.82, 2.24) is 4.90 Å². The third-order valence-electron chi connectivity index (χ3n) is 2.61. The molecule has 0 saturated carbocycles. The van der Waals surface area contributed by atoms with Crippen LogP contribution in [0.15, 0.2) is 17.5 Å². The van der Waals surface area contributed by atoms with E-state index in [1.807, 2.05) is 20.8 Å². The van der Waals surface area contributed by atoms with E-state index in [9.17, 15) is 4.79 Å². The average Bonchev–Trinajstić information content (AvgIpc) is 2.67. The van der Waals surface area contributed by atoms with Crippen LogP contribution in [0, 0.1) is 5.41 Å². The second-order valence-electron chi connectivity index (χ2n) is 5.06. The number of thiophene rings is 1. The van der Waals surface area contributed by atoms with Crippen LogP contribution in [-0.4, -0.2) is 23.8 Å². The van der Waals surface area contributed by atoms with Gasteiger partial charge in [0.05, 0.1) is 6.54 Å². The highest BCUT2D eigenvalue weighted by atomic mass is 32.1. The van der Waals surface area contributed by atoms with Gasteiger partial charge in [-0.2, -0.15) is 0 Å². The molecule has 0 spiro atoms. The van der Waals surface area contributed by atoms with E-state index < -0.39 is 0 Å². The second kappa shape index (κ2) is 5.60. The van der Waals surface area contributed by atoms with E-state index >= 15 is 0 Å². The van der Waals surface area contributed by atoms with Crippen LogP contribution in [0.4, 0.5) is 0 Å². The molecule has 0 amide bonds. The molecule has 1 aromatic heterocycles. The zero-order chi connectivity index (χ0) is 12.2. The largest absolute Gasteiger partial charge is 0.298 e. The molecule has 3 heteroatoms. The van der Waals surface area contributed by atoms with Gasteiger partial charge in [0.15, 0.2) is 5.78 Å². The zero-order valence-corrected chi connectivity index (χ0v) is 11.4. The van der Waals surface area contributed by atoms with Gasteiger partial charge >= 0.3 is 0 Å². The Morgan fingerprint density at radius 3 is 2.56 bits per heavy atom. The summed E-state index contributed by atoms with van der Waals surface area (Å²) in [4.78, 5) is 15.4. The maximum absolute atomic E-state index is 11.9. The summed E-state index contributed by atoms with van der Waals surface area (Å²) in [6.07, 6.45) is 0. The number of likely N-dealkylation sites (N-methyl/N-ethyl adjacent to an activating group) is 1. The molecule has 0 aliphatic rings. The van der Waals surface area contributed by atoms with Gasteiger partial charge in [-0.05, 0) is 18.0 Å². The molecular formula is C13H21NOS. The van der Waals surface area contributed by atoms with Gasteiger partial charge in [0.2, 0.25) is 0 Å². The van der Waals surface area contributed by atoms with Gasteiger partial charge in [-0.15, -0.1) is 11.3 Å². The van der Waals surface area contributed by atoms with Crippen LogP contribution in [0.25, 0.3) is 0 Å². The number of nitrogens with zero attached hydrogens (tertiary/aromatic N) is 1. The van der Waals surface area contributed by atoms with Gasteiger partial charge in [0, 0.05) is 16.8 Å². The minimum Gasteiger partial charge on any atom is -0.298 e. The van der Waals surface area contributed by atoms with Crippen molar-refractivity contribution in [3.8, 4) is 0 Å². The van der Waals surface area contributed by atoms with Gasteiger partial charge in [-0.1, -0.05) is 33.8 Å². The zero-order valence-electron chi connectivity index (χ0n) is 10.6. The average molecular weight is 239 g/mol.